The molecule has 9 aromatic carbocycles. The van der Waals surface area contributed by atoms with Crippen LogP contribution in [0.15, 0.2) is 168 Å². The van der Waals surface area contributed by atoms with E-state index in [1.165, 1.54) is 98.6 Å². The van der Waals surface area contributed by atoms with Crippen LogP contribution in [-0.4, -0.2) is 4.57 Å². The van der Waals surface area contributed by atoms with Gasteiger partial charge in [-0.2, -0.15) is 0 Å². The lowest BCUT2D eigenvalue weighted by Crippen LogP contribution is -2.25. The summed E-state index contributed by atoms with van der Waals surface area (Å²) >= 11 is 0. The molecule has 2 aromatic heterocycles. The van der Waals surface area contributed by atoms with E-state index >= 15 is 0 Å². The van der Waals surface area contributed by atoms with Crippen LogP contribution in [0.2, 0.25) is 0 Å². The minimum absolute atomic E-state index is 0.355. The Morgan fingerprint density at radius 2 is 0.882 bits per heavy atom. The molecule has 51 heavy (non-hydrogen) atoms. The molecule has 0 saturated heterocycles. The largest absolute Gasteiger partial charge is 0.456 e. The minimum Gasteiger partial charge on any atom is -0.456 e. The molecule has 1 spiro atoms. The summed E-state index contributed by atoms with van der Waals surface area (Å²) in [5.41, 5.74) is 15.8. The fourth-order valence-electron chi connectivity index (χ4n) is 10.4. The number of nitrogens with zero attached hydrogens (tertiary/aromatic N) is 1. The number of hydrogen-bond donors (Lipinski definition) is 0. The zero-order valence-electron chi connectivity index (χ0n) is 27.4. The molecule has 2 heteroatoms. The van der Waals surface area contributed by atoms with Crippen LogP contribution in [0.5, 0.6) is 0 Å². The molecule has 0 amide bonds. The molecule has 0 fully saturated rings. The summed E-state index contributed by atoms with van der Waals surface area (Å²) in [5, 5.41) is 9.91. The first-order valence-corrected chi connectivity index (χ1v) is 17.8. The Labute approximate surface area is 292 Å². The van der Waals surface area contributed by atoms with Crippen LogP contribution in [0.1, 0.15) is 22.3 Å². The van der Waals surface area contributed by atoms with Gasteiger partial charge in [0, 0.05) is 27.2 Å². The van der Waals surface area contributed by atoms with Crippen LogP contribution in [0, 0.1) is 0 Å². The van der Waals surface area contributed by atoms with Crippen molar-refractivity contribution < 1.29 is 4.42 Å². The maximum absolute atomic E-state index is 6.61. The van der Waals surface area contributed by atoms with Crippen LogP contribution in [-0.2, 0) is 5.41 Å². The third kappa shape index (κ3) is 2.92. The molecule has 234 valence electrons. The van der Waals surface area contributed by atoms with Crippen molar-refractivity contribution in [1.29, 1.82) is 0 Å². The van der Waals surface area contributed by atoms with Gasteiger partial charge in [-0.3, -0.25) is 0 Å². The maximum Gasteiger partial charge on any atom is 0.136 e. The Kier molecular flexibility index (Phi) is 4.60. The van der Waals surface area contributed by atoms with Crippen molar-refractivity contribution in [3.05, 3.63) is 186 Å². The van der Waals surface area contributed by atoms with E-state index in [1.54, 1.807) is 0 Å². The van der Waals surface area contributed by atoms with Crippen molar-refractivity contribution in [3.8, 4) is 27.9 Å². The smallest absolute Gasteiger partial charge is 0.136 e. The van der Waals surface area contributed by atoms with E-state index in [0.29, 0.717) is 0 Å². The first-order valence-electron chi connectivity index (χ1n) is 17.8. The summed E-state index contributed by atoms with van der Waals surface area (Å²) < 4.78 is 9.10. The topological polar surface area (TPSA) is 18.1 Å². The summed E-state index contributed by atoms with van der Waals surface area (Å²) in [4.78, 5) is 0. The quantitative estimate of drug-likeness (QED) is 0.174. The summed E-state index contributed by atoms with van der Waals surface area (Å²) in [6.45, 7) is 0. The highest BCUT2D eigenvalue weighted by molar-refractivity contribution is 6.38. The number of furan rings is 1. The lowest BCUT2D eigenvalue weighted by molar-refractivity contribution is 0.669. The first-order chi connectivity index (χ1) is 25.3. The second-order valence-corrected chi connectivity index (χ2v) is 14.3. The summed E-state index contributed by atoms with van der Waals surface area (Å²) in [7, 11) is 0. The fourth-order valence-corrected chi connectivity index (χ4v) is 10.4. The molecule has 0 unspecified atom stereocenters. The van der Waals surface area contributed by atoms with E-state index in [0.717, 1.165) is 16.9 Å². The van der Waals surface area contributed by atoms with Gasteiger partial charge in [-0.1, -0.05) is 127 Å². The van der Waals surface area contributed by atoms with E-state index in [4.69, 9.17) is 4.42 Å². The molecule has 0 atom stereocenters. The van der Waals surface area contributed by atoms with Crippen molar-refractivity contribution >= 4 is 65.3 Å². The molecule has 0 N–H and O–H groups in total. The zero-order chi connectivity index (χ0) is 33.0. The lowest BCUT2D eigenvalue weighted by atomic mass is 9.70. The monoisotopic (exact) mass is 645 g/mol. The molecule has 0 radical (unpaired) electrons. The van der Waals surface area contributed by atoms with Gasteiger partial charge in [0.2, 0.25) is 0 Å². The van der Waals surface area contributed by atoms with Gasteiger partial charge in [0.05, 0.1) is 16.4 Å². The van der Waals surface area contributed by atoms with Crippen molar-refractivity contribution in [3.63, 3.8) is 0 Å². The van der Waals surface area contributed by atoms with E-state index in [1.807, 2.05) is 0 Å². The Balaban J connectivity index is 1.19. The highest BCUT2D eigenvalue weighted by Gasteiger charge is 2.51. The fraction of sp³-hybridized carbons (Fsp3) is 0.0204. The van der Waals surface area contributed by atoms with Gasteiger partial charge in [-0.05, 0) is 102 Å². The highest BCUT2D eigenvalue weighted by atomic mass is 16.3. The standard InChI is InChI=1S/C49H27NO/c1-2-12-30-29(11-1)34-16-9-21-41-45(34)47-42(25-26-44-48(47)46-35(30)17-10-22-43(46)51-44)50(41)28-23-24-40-36(27-28)33-15-5-8-20-39(33)49(40)37-18-6-3-13-31(37)32-14-4-7-19-38(32)49/h1-27H. The second kappa shape index (κ2) is 8.93. The van der Waals surface area contributed by atoms with Gasteiger partial charge in [0.15, 0.2) is 0 Å². The summed E-state index contributed by atoms with van der Waals surface area (Å²) in [5.74, 6) is 0. The summed E-state index contributed by atoms with van der Waals surface area (Å²) in [6, 6.07) is 61.0. The molecule has 2 nitrogen and oxygen atoms in total. The van der Waals surface area contributed by atoms with Crippen molar-refractivity contribution in [2.45, 2.75) is 5.41 Å². The number of rotatable bonds is 1. The molecule has 2 aliphatic rings. The molecular formula is C49H27NO. The van der Waals surface area contributed by atoms with Gasteiger partial charge < -0.3 is 8.98 Å². The molecule has 0 aliphatic heterocycles. The normalized spacial score (nSPS) is 14.0. The van der Waals surface area contributed by atoms with E-state index in [-0.39, 0.29) is 5.41 Å². The Morgan fingerprint density at radius 3 is 1.59 bits per heavy atom. The average Bonchev–Trinajstić information content (AvgIpc) is 3.90. The third-order valence-corrected chi connectivity index (χ3v) is 12.2. The van der Waals surface area contributed by atoms with Gasteiger partial charge in [-0.25, -0.2) is 0 Å². The van der Waals surface area contributed by atoms with Crippen LogP contribution in [0.3, 0.4) is 0 Å². The third-order valence-electron chi connectivity index (χ3n) is 12.2. The Morgan fingerprint density at radius 1 is 0.353 bits per heavy atom. The van der Waals surface area contributed by atoms with Crippen LogP contribution < -0.4 is 0 Å². The van der Waals surface area contributed by atoms with Crippen LogP contribution >= 0.6 is 0 Å². The maximum atomic E-state index is 6.61. The van der Waals surface area contributed by atoms with E-state index in [2.05, 4.69) is 168 Å². The predicted molar refractivity (Wildman–Crippen MR) is 211 cm³/mol. The minimum atomic E-state index is -0.355. The Bertz CT molecular complexity index is 3270. The van der Waals surface area contributed by atoms with Crippen LogP contribution in [0.4, 0.5) is 0 Å². The first kappa shape index (κ1) is 26.3. The van der Waals surface area contributed by atoms with Gasteiger partial charge >= 0.3 is 0 Å². The Hall–Kier alpha value is -6.64. The number of benzene rings is 8. The molecule has 0 saturated carbocycles. The predicted octanol–water partition coefficient (Wildman–Crippen LogP) is 12.8. The second-order valence-electron chi connectivity index (χ2n) is 14.3. The molecule has 2 aliphatic carbocycles. The average molecular weight is 646 g/mol. The lowest BCUT2D eigenvalue weighted by Gasteiger charge is -2.30. The molecule has 11 aromatic rings. The van der Waals surface area contributed by atoms with E-state index < -0.39 is 0 Å². The van der Waals surface area contributed by atoms with Gasteiger partial charge in [-0.15, -0.1) is 0 Å². The zero-order valence-corrected chi connectivity index (χ0v) is 27.4. The van der Waals surface area contributed by atoms with Gasteiger partial charge in [0.1, 0.15) is 11.2 Å². The SMILES string of the molecule is c1ccc2c(c1)-c1ccccc1C21c2ccccc2-c2cc(-n3c4cccc5c6ccccc6c6cccc7oc8ccc3c(c8c76)c54)ccc21. The molecule has 2 heterocycles. The molecule has 13 rings (SSSR count). The molecule has 0 bridgehead atoms. The van der Waals surface area contributed by atoms with E-state index in [9.17, 15) is 0 Å². The van der Waals surface area contributed by atoms with Crippen molar-refractivity contribution in [1.82, 2.24) is 4.57 Å². The number of fused-ring (bicyclic) bond motifs is 13. The molecular weight excluding hydrogens is 619 g/mol. The van der Waals surface area contributed by atoms with Crippen molar-refractivity contribution in [2.75, 3.05) is 0 Å². The number of hydrogen-bond acceptors (Lipinski definition) is 1. The van der Waals surface area contributed by atoms with Crippen molar-refractivity contribution in [2.24, 2.45) is 0 Å². The highest BCUT2D eigenvalue weighted by Crippen LogP contribution is 2.63. The van der Waals surface area contributed by atoms with Gasteiger partial charge in [0.25, 0.3) is 0 Å². The van der Waals surface area contributed by atoms with Crippen LogP contribution in [0.25, 0.3) is 93.2 Å². The number of aromatic nitrogens is 1. The summed E-state index contributed by atoms with van der Waals surface area (Å²) in [6.07, 6.45) is 0.